The second kappa shape index (κ2) is 7.50. The Balaban J connectivity index is 1.63. The lowest BCUT2D eigenvalue weighted by Crippen LogP contribution is -2.46. The molecule has 1 aromatic heterocycles. The Hall–Kier alpha value is -1.89. The highest BCUT2D eigenvalue weighted by atomic mass is 16.6. The van der Waals surface area contributed by atoms with Gasteiger partial charge in [0, 0.05) is 38.3 Å². The molecule has 0 amide bonds. The zero-order valence-electron chi connectivity index (χ0n) is 18.0. The summed E-state index contributed by atoms with van der Waals surface area (Å²) in [6.45, 7) is 9.48. The molecule has 3 rings (SSSR count). The zero-order valence-corrected chi connectivity index (χ0v) is 18.0. The number of aromatic nitrogens is 2. The van der Waals surface area contributed by atoms with E-state index >= 15 is 0 Å². The molecule has 1 aromatic rings. The highest BCUT2D eigenvalue weighted by Crippen LogP contribution is 2.40. The predicted octanol–water partition coefficient (Wildman–Crippen LogP) is 2.86. The van der Waals surface area contributed by atoms with E-state index in [0.29, 0.717) is 11.9 Å². The van der Waals surface area contributed by atoms with E-state index in [1.807, 2.05) is 39.3 Å². The van der Waals surface area contributed by atoms with Crippen LogP contribution in [0.5, 0.6) is 0 Å². The van der Waals surface area contributed by atoms with Crippen LogP contribution in [0.15, 0.2) is 0 Å². The first kappa shape index (κ1) is 20.8. The van der Waals surface area contributed by atoms with Crippen LogP contribution in [0.3, 0.4) is 0 Å². The van der Waals surface area contributed by atoms with E-state index in [0.717, 1.165) is 56.6 Å². The van der Waals surface area contributed by atoms with Crippen LogP contribution in [0.25, 0.3) is 0 Å². The van der Waals surface area contributed by atoms with Gasteiger partial charge in [0.1, 0.15) is 5.60 Å². The monoisotopic (exact) mass is 391 g/mol. The normalized spacial score (nSPS) is 25.9. The van der Waals surface area contributed by atoms with Crippen molar-refractivity contribution in [3.05, 3.63) is 17.2 Å². The van der Waals surface area contributed by atoms with Crippen molar-refractivity contribution in [1.29, 1.82) is 0 Å². The van der Waals surface area contributed by atoms with Gasteiger partial charge in [0.25, 0.3) is 0 Å². The number of fused-ring (bicyclic) bond motifs is 1. The van der Waals surface area contributed by atoms with Crippen LogP contribution in [-0.2, 0) is 34.3 Å². The molecule has 0 radical (unpaired) electrons. The number of nitrogens with zero attached hydrogens (tertiary/aromatic N) is 3. The molecule has 156 valence electrons. The fourth-order valence-corrected chi connectivity index (χ4v) is 4.34. The minimum atomic E-state index is -0.448. The Labute approximate surface area is 167 Å². The Morgan fingerprint density at radius 2 is 1.86 bits per heavy atom. The largest absolute Gasteiger partial charge is 0.463 e. The first-order valence-electron chi connectivity index (χ1n) is 10.1. The molecule has 0 saturated heterocycles. The van der Waals surface area contributed by atoms with E-state index in [1.54, 1.807) is 0 Å². The maximum absolute atomic E-state index is 12.6. The lowest BCUT2D eigenvalue weighted by atomic mass is 9.73. The Morgan fingerprint density at radius 1 is 1.21 bits per heavy atom. The number of carbonyl (C=O) groups excluding carboxylic acids is 2. The summed E-state index contributed by atoms with van der Waals surface area (Å²) in [5.74, 6) is -0.100. The second-order valence-corrected chi connectivity index (χ2v) is 9.39. The van der Waals surface area contributed by atoms with E-state index < -0.39 is 17.0 Å². The van der Waals surface area contributed by atoms with Crippen molar-refractivity contribution < 1.29 is 19.1 Å². The Bertz CT molecular complexity index is 754. The van der Waals surface area contributed by atoms with Crippen molar-refractivity contribution in [2.24, 2.45) is 12.5 Å². The molecule has 28 heavy (non-hydrogen) atoms. The van der Waals surface area contributed by atoms with E-state index in [-0.39, 0.29) is 5.97 Å². The zero-order chi connectivity index (χ0) is 20.7. The van der Waals surface area contributed by atoms with Crippen LogP contribution in [0, 0.1) is 5.41 Å². The molecule has 7 nitrogen and oxygen atoms in total. The quantitative estimate of drug-likeness (QED) is 0.738. The fourth-order valence-electron chi connectivity index (χ4n) is 4.34. The van der Waals surface area contributed by atoms with Gasteiger partial charge in [-0.3, -0.25) is 9.69 Å². The van der Waals surface area contributed by atoms with Crippen LogP contribution in [0.4, 0.5) is 0 Å². The third-order valence-corrected chi connectivity index (χ3v) is 6.12. The second-order valence-electron chi connectivity index (χ2n) is 9.39. The van der Waals surface area contributed by atoms with E-state index in [1.165, 1.54) is 7.11 Å². The minimum Gasteiger partial charge on any atom is -0.463 e. The Kier molecular flexibility index (Phi) is 5.58. The van der Waals surface area contributed by atoms with Gasteiger partial charge in [-0.1, -0.05) is 0 Å². The number of methoxy groups -OCH3 is 1. The van der Waals surface area contributed by atoms with Crippen molar-refractivity contribution in [2.45, 2.75) is 78.0 Å². The summed E-state index contributed by atoms with van der Waals surface area (Å²) in [4.78, 5) is 31.5. The van der Waals surface area contributed by atoms with Crippen LogP contribution in [0.2, 0.25) is 0 Å². The molecular weight excluding hydrogens is 358 g/mol. The van der Waals surface area contributed by atoms with Crippen LogP contribution < -0.4 is 0 Å². The summed E-state index contributed by atoms with van der Waals surface area (Å²) in [5, 5.41) is 0. The van der Waals surface area contributed by atoms with Gasteiger partial charge in [-0.15, -0.1) is 0 Å². The van der Waals surface area contributed by atoms with Gasteiger partial charge in [-0.2, -0.15) is 0 Å². The van der Waals surface area contributed by atoms with Gasteiger partial charge in [-0.25, -0.2) is 9.78 Å². The van der Waals surface area contributed by atoms with Crippen molar-refractivity contribution in [1.82, 2.24) is 14.5 Å². The van der Waals surface area contributed by atoms with Crippen molar-refractivity contribution in [2.75, 3.05) is 13.7 Å². The Morgan fingerprint density at radius 3 is 2.43 bits per heavy atom. The number of ether oxygens (including phenoxy) is 2. The molecule has 0 bridgehead atoms. The summed E-state index contributed by atoms with van der Waals surface area (Å²) in [5.41, 5.74) is 1.24. The SMILES string of the molecule is COC(=O)c1nc2c(n1C)CCN([C@H]1CC[C@](C)(C(=O)OC(C)(C)C)CC1)C2. The first-order chi connectivity index (χ1) is 13.0. The molecule has 0 N–H and O–H groups in total. The number of imidazole rings is 1. The van der Waals surface area contributed by atoms with Gasteiger partial charge >= 0.3 is 11.9 Å². The van der Waals surface area contributed by atoms with E-state index in [4.69, 9.17) is 9.47 Å². The first-order valence-corrected chi connectivity index (χ1v) is 10.1. The molecule has 2 aliphatic rings. The average molecular weight is 392 g/mol. The van der Waals surface area contributed by atoms with Gasteiger partial charge < -0.3 is 14.0 Å². The minimum absolute atomic E-state index is 0.0770. The number of hydrogen-bond donors (Lipinski definition) is 0. The van der Waals surface area contributed by atoms with E-state index in [2.05, 4.69) is 9.88 Å². The van der Waals surface area contributed by atoms with Gasteiger partial charge in [0.15, 0.2) is 0 Å². The molecule has 2 heterocycles. The maximum atomic E-state index is 12.6. The number of carbonyl (C=O) groups is 2. The van der Waals surface area contributed by atoms with Gasteiger partial charge in [0.2, 0.25) is 5.82 Å². The molecule has 0 aromatic carbocycles. The molecule has 0 spiro atoms. The van der Waals surface area contributed by atoms with Crippen molar-refractivity contribution >= 4 is 11.9 Å². The molecule has 1 saturated carbocycles. The third-order valence-electron chi connectivity index (χ3n) is 6.12. The molecule has 1 aliphatic carbocycles. The maximum Gasteiger partial charge on any atom is 0.374 e. The lowest BCUT2D eigenvalue weighted by molar-refractivity contribution is -0.169. The van der Waals surface area contributed by atoms with Gasteiger partial charge in [0.05, 0.1) is 18.2 Å². The molecule has 1 fully saturated rings. The molecule has 0 unspecified atom stereocenters. The number of esters is 2. The van der Waals surface area contributed by atoms with Crippen molar-refractivity contribution in [3.63, 3.8) is 0 Å². The van der Waals surface area contributed by atoms with Crippen LogP contribution in [-0.4, -0.2) is 51.7 Å². The fraction of sp³-hybridized carbons (Fsp3) is 0.762. The lowest BCUT2D eigenvalue weighted by Gasteiger charge is -2.42. The number of hydrogen-bond acceptors (Lipinski definition) is 6. The third kappa shape index (κ3) is 4.09. The van der Waals surface area contributed by atoms with Crippen molar-refractivity contribution in [3.8, 4) is 0 Å². The molecule has 0 atom stereocenters. The number of rotatable bonds is 3. The van der Waals surface area contributed by atoms with Crippen LogP contribution in [0.1, 0.15) is 75.4 Å². The summed E-state index contributed by atoms with van der Waals surface area (Å²) in [6, 6.07) is 0.437. The summed E-state index contributed by atoms with van der Waals surface area (Å²) in [6.07, 6.45) is 4.50. The molecule has 7 heteroatoms. The summed E-state index contributed by atoms with van der Waals surface area (Å²) >= 11 is 0. The van der Waals surface area contributed by atoms with Gasteiger partial charge in [-0.05, 0) is 53.4 Å². The highest BCUT2D eigenvalue weighted by Gasteiger charge is 2.42. The molecule has 1 aliphatic heterocycles. The topological polar surface area (TPSA) is 73.7 Å². The predicted molar refractivity (Wildman–Crippen MR) is 105 cm³/mol. The average Bonchev–Trinajstić information content (AvgIpc) is 2.96. The summed E-state index contributed by atoms with van der Waals surface area (Å²) < 4.78 is 12.3. The molecular formula is C21H33N3O4. The van der Waals surface area contributed by atoms with Crippen LogP contribution >= 0.6 is 0 Å². The smallest absolute Gasteiger partial charge is 0.374 e. The standard InChI is InChI=1S/C21H33N3O4/c1-20(2,3)28-19(26)21(4)10-7-14(8-11-21)24-12-9-16-15(13-24)22-17(23(16)5)18(25)27-6/h14H,7-13H2,1-6H3/t14-,21-. The highest BCUT2D eigenvalue weighted by molar-refractivity contribution is 5.85. The summed E-state index contributed by atoms with van der Waals surface area (Å²) in [7, 11) is 3.26. The van der Waals surface area contributed by atoms with E-state index in [9.17, 15) is 9.59 Å².